The Morgan fingerprint density at radius 2 is 2.00 bits per heavy atom. The van der Waals surface area contributed by atoms with E-state index in [4.69, 9.17) is 10.6 Å². The van der Waals surface area contributed by atoms with Crippen LogP contribution in [0.5, 0.6) is 0 Å². The normalized spacial score (nSPS) is 20.7. The molecule has 2 N–H and O–H groups in total. The molecular formula is C16H20FN5O2S. The molecule has 134 valence electrons. The number of hydrogen-bond acceptors (Lipinski definition) is 6. The highest BCUT2D eigenvalue weighted by atomic mass is 32.2. The number of morpholine rings is 1. The van der Waals surface area contributed by atoms with Crippen LogP contribution in [0.2, 0.25) is 0 Å². The van der Waals surface area contributed by atoms with Crippen LogP contribution in [-0.2, 0) is 9.53 Å². The highest BCUT2D eigenvalue weighted by Gasteiger charge is 2.26. The smallest absolute Gasteiger partial charge is 0.233 e. The first-order valence-electron chi connectivity index (χ1n) is 7.97. The lowest BCUT2D eigenvalue weighted by Gasteiger charge is -2.35. The number of benzene rings is 1. The fourth-order valence-electron chi connectivity index (χ4n) is 2.80. The van der Waals surface area contributed by atoms with Gasteiger partial charge in [-0.3, -0.25) is 4.79 Å². The van der Waals surface area contributed by atoms with Crippen LogP contribution >= 0.6 is 11.8 Å². The summed E-state index contributed by atoms with van der Waals surface area (Å²) in [6.07, 6.45) is 0.0343. The molecule has 1 aromatic carbocycles. The molecule has 9 heteroatoms. The summed E-state index contributed by atoms with van der Waals surface area (Å²) in [4.78, 5) is 14.2. The van der Waals surface area contributed by atoms with E-state index in [2.05, 4.69) is 10.2 Å². The molecule has 2 heterocycles. The topological polar surface area (TPSA) is 86.3 Å². The van der Waals surface area contributed by atoms with Gasteiger partial charge in [-0.1, -0.05) is 23.9 Å². The standard InChI is InChI=1S/C16H20FN5O2S/c1-10-7-21(8-11(2)24-10)14(23)9-25-16-20-19-15(22(16)18)12-5-3-4-6-13(12)17/h3-6,10-11H,7-9,18H2,1-2H3/t10-,11+. The maximum atomic E-state index is 13.9. The molecule has 0 bridgehead atoms. The minimum atomic E-state index is -0.425. The van der Waals surface area contributed by atoms with Crippen molar-refractivity contribution in [3.05, 3.63) is 30.1 Å². The molecule has 3 rings (SSSR count). The molecule has 0 aliphatic carbocycles. The van der Waals surface area contributed by atoms with Gasteiger partial charge >= 0.3 is 0 Å². The Balaban J connectivity index is 1.66. The van der Waals surface area contributed by atoms with Crippen LogP contribution in [0.4, 0.5) is 4.39 Å². The van der Waals surface area contributed by atoms with E-state index in [0.717, 1.165) is 0 Å². The first-order chi connectivity index (χ1) is 12.0. The number of hydrogen-bond donors (Lipinski definition) is 1. The monoisotopic (exact) mass is 365 g/mol. The van der Waals surface area contributed by atoms with E-state index >= 15 is 0 Å². The van der Waals surface area contributed by atoms with E-state index in [1.165, 1.54) is 22.5 Å². The number of rotatable bonds is 4. The summed E-state index contributed by atoms with van der Waals surface area (Å²) in [6, 6.07) is 6.21. The third-order valence-corrected chi connectivity index (χ3v) is 4.80. The van der Waals surface area contributed by atoms with Gasteiger partial charge in [0.1, 0.15) is 5.82 Å². The van der Waals surface area contributed by atoms with Crippen LogP contribution < -0.4 is 5.84 Å². The Kier molecular flexibility index (Phi) is 5.24. The molecule has 2 atom stereocenters. The maximum absolute atomic E-state index is 13.9. The summed E-state index contributed by atoms with van der Waals surface area (Å²) >= 11 is 1.18. The highest BCUT2D eigenvalue weighted by molar-refractivity contribution is 7.99. The zero-order valence-corrected chi connectivity index (χ0v) is 14.9. The van der Waals surface area contributed by atoms with E-state index in [1.807, 2.05) is 13.8 Å². The number of halogens is 1. The molecule has 1 saturated heterocycles. The molecule has 1 aliphatic heterocycles. The number of carbonyl (C=O) groups excluding carboxylic acids is 1. The van der Waals surface area contributed by atoms with Gasteiger partial charge in [-0.15, -0.1) is 10.2 Å². The molecule has 7 nitrogen and oxygen atoms in total. The van der Waals surface area contributed by atoms with Crippen LogP contribution in [0.3, 0.4) is 0 Å². The number of amides is 1. The van der Waals surface area contributed by atoms with Crippen molar-refractivity contribution in [2.75, 3.05) is 24.7 Å². The Morgan fingerprint density at radius 1 is 1.32 bits per heavy atom. The minimum absolute atomic E-state index is 0.0116. The van der Waals surface area contributed by atoms with Crippen molar-refractivity contribution >= 4 is 17.7 Å². The predicted octanol–water partition coefficient (Wildman–Crippen LogP) is 1.53. The quantitative estimate of drug-likeness (QED) is 0.653. The van der Waals surface area contributed by atoms with Crippen LogP contribution in [0.15, 0.2) is 29.4 Å². The van der Waals surface area contributed by atoms with E-state index in [1.54, 1.807) is 23.1 Å². The Hall–Kier alpha value is -2.13. The zero-order valence-electron chi connectivity index (χ0n) is 14.1. The first kappa shape index (κ1) is 17.7. The summed E-state index contributed by atoms with van der Waals surface area (Å²) in [6.45, 7) is 5.03. The number of nitrogen functional groups attached to an aromatic ring is 1. The average molecular weight is 365 g/mol. The first-order valence-corrected chi connectivity index (χ1v) is 8.95. The van der Waals surface area contributed by atoms with Crippen molar-refractivity contribution in [1.82, 2.24) is 19.8 Å². The van der Waals surface area contributed by atoms with Gasteiger partial charge < -0.3 is 15.5 Å². The van der Waals surface area contributed by atoms with Gasteiger partial charge in [-0.05, 0) is 26.0 Å². The second-order valence-electron chi connectivity index (χ2n) is 6.00. The van der Waals surface area contributed by atoms with Gasteiger partial charge in [0.25, 0.3) is 0 Å². The van der Waals surface area contributed by atoms with Crippen LogP contribution in [-0.4, -0.2) is 56.7 Å². The summed E-state index contributed by atoms with van der Waals surface area (Å²) < 4.78 is 20.7. The summed E-state index contributed by atoms with van der Waals surface area (Å²) in [5, 5.41) is 8.27. The van der Waals surface area contributed by atoms with Gasteiger partial charge in [0.05, 0.1) is 23.5 Å². The van der Waals surface area contributed by atoms with Gasteiger partial charge in [-0.2, -0.15) is 0 Å². The van der Waals surface area contributed by atoms with E-state index in [0.29, 0.717) is 18.2 Å². The molecule has 1 fully saturated rings. The molecule has 1 aromatic heterocycles. The van der Waals surface area contributed by atoms with Crippen LogP contribution in [0.25, 0.3) is 11.4 Å². The molecule has 1 amide bonds. The number of ether oxygens (including phenoxy) is 1. The van der Waals surface area contributed by atoms with Gasteiger partial charge in [-0.25, -0.2) is 9.07 Å². The van der Waals surface area contributed by atoms with E-state index in [-0.39, 0.29) is 35.3 Å². The summed E-state index contributed by atoms with van der Waals surface area (Å²) in [7, 11) is 0. The molecule has 25 heavy (non-hydrogen) atoms. The largest absolute Gasteiger partial charge is 0.372 e. The SMILES string of the molecule is C[C@@H]1CN(C(=O)CSc2nnc(-c3ccccc3F)n2N)C[C@H](C)O1. The second kappa shape index (κ2) is 7.40. The fraction of sp³-hybridized carbons (Fsp3) is 0.438. The van der Waals surface area contributed by atoms with Crippen molar-refractivity contribution in [2.45, 2.75) is 31.2 Å². The molecule has 2 aromatic rings. The molecule has 0 radical (unpaired) electrons. The van der Waals surface area contributed by atoms with Crippen LogP contribution in [0, 0.1) is 5.82 Å². The third kappa shape index (κ3) is 3.93. The Labute approximate surface area is 149 Å². The Morgan fingerprint density at radius 3 is 2.68 bits per heavy atom. The Bertz CT molecular complexity index is 759. The van der Waals surface area contributed by atoms with Crippen molar-refractivity contribution < 1.29 is 13.9 Å². The summed E-state index contributed by atoms with van der Waals surface area (Å²) in [5.74, 6) is 5.95. The second-order valence-corrected chi connectivity index (χ2v) is 6.94. The number of carbonyl (C=O) groups is 1. The molecule has 0 unspecified atom stereocenters. The van der Waals surface area contributed by atoms with Crippen LogP contribution in [0.1, 0.15) is 13.8 Å². The lowest BCUT2D eigenvalue weighted by Crippen LogP contribution is -2.48. The molecule has 0 saturated carbocycles. The average Bonchev–Trinajstić information content (AvgIpc) is 2.93. The van der Waals surface area contributed by atoms with E-state index < -0.39 is 5.82 Å². The lowest BCUT2D eigenvalue weighted by atomic mass is 10.2. The van der Waals surface area contributed by atoms with Gasteiger partial charge in [0.15, 0.2) is 5.82 Å². The highest BCUT2D eigenvalue weighted by Crippen LogP contribution is 2.24. The molecule has 1 aliphatic rings. The molecule has 0 spiro atoms. The summed E-state index contributed by atoms with van der Waals surface area (Å²) in [5.41, 5.74) is 0.270. The van der Waals surface area contributed by atoms with Crippen molar-refractivity contribution in [1.29, 1.82) is 0 Å². The minimum Gasteiger partial charge on any atom is -0.372 e. The lowest BCUT2D eigenvalue weighted by molar-refractivity contribution is -0.140. The zero-order chi connectivity index (χ0) is 18.0. The molecular weight excluding hydrogens is 345 g/mol. The van der Waals surface area contributed by atoms with Crippen molar-refractivity contribution in [3.8, 4) is 11.4 Å². The maximum Gasteiger partial charge on any atom is 0.233 e. The number of aromatic nitrogens is 3. The number of nitrogens with zero attached hydrogens (tertiary/aromatic N) is 4. The third-order valence-electron chi connectivity index (χ3n) is 3.88. The fourth-order valence-corrected chi connectivity index (χ4v) is 3.56. The van der Waals surface area contributed by atoms with E-state index in [9.17, 15) is 9.18 Å². The predicted molar refractivity (Wildman–Crippen MR) is 92.9 cm³/mol. The van der Waals surface area contributed by atoms with Crippen molar-refractivity contribution in [3.63, 3.8) is 0 Å². The number of nitrogens with two attached hydrogens (primary N) is 1. The van der Waals surface area contributed by atoms with Crippen molar-refractivity contribution in [2.24, 2.45) is 0 Å². The van der Waals surface area contributed by atoms with Gasteiger partial charge in [0.2, 0.25) is 11.1 Å². The number of thioether (sulfide) groups is 1. The van der Waals surface area contributed by atoms with Gasteiger partial charge in [0, 0.05) is 13.1 Å².